The lowest BCUT2D eigenvalue weighted by atomic mass is 10.3. The van der Waals surface area contributed by atoms with Crippen LogP contribution in [0.5, 0.6) is 0 Å². The zero-order valence-corrected chi connectivity index (χ0v) is 9.79. The topological polar surface area (TPSA) is 154 Å². The van der Waals surface area contributed by atoms with E-state index in [-0.39, 0.29) is 5.76 Å². The molecule has 0 aromatic carbocycles. The van der Waals surface area contributed by atoms with Gasteiger partial charge in [0.1, 0.15) is 18.4 Å². The molecular weight excluding hydrogens is 276 g/mol. The molecule has 0 amide bonds. The maximum Gasteiger partial charge on any atom is 0.433 e. The summed E-state index contributed by atoms with van der Waals surface area (Å²) in [7, 11) is 0. The first-order chi connectivity index (χ1) is 9.49. The zero-order valence-electron chi connectivity index (χ0n) is 9.79. The number of aromatic nitrogens is 3. The van der Waals surface area contributed by atoms with Crippen molar-refractivity contribution in [2.45, 2.75) is 13.5 Å². The number of aliphatic hydroxyl groups is 2. The average molecular weight is 284 g/mol. The van der Waals surface area contributed by atoms with E-state index in [0.29, 0.717) is 9.25 Å². The van der Waals surface area contributed by atoms with Gasteiger partial charge in [-0.1, -0.05) is 0 Å². The Morgan fingerprint density at radius 3 is 2.50 bits per heavy atom. The van der Waals surface area contributed by atoms with Crippen LogP contribution in [-0.4, -0.2) is 29.5 Å². The number of rotatable bonds is 4. The first-order valence-corrected chi connectivity index (χ1v) is 5.18. The van der Waals surface area contributed by atoms with Crippen molar-refractivity contribution in [3.63, 3.8) is 0 Å². The molecule has 0 unspecified atom stereocenters. The normalized spacial score (nSPS) is 10.7. The molecule has 0 aliphatic heterocycles. The first-order valence-electron chi connectivity index (χ1n) is 5.18. The van der Waals surface area contributed by atoms with Crippen LogP contribution in [0.15, 0.2) is 26.1 Å². The molecule has 0 atom stereocenters. The molecule has 2 rings (SSSR count). The maximum atomic E-state index is 11.9. The summed E-state index contributed by atoms with van der Waals surface area (Å²) < 4.78 is 5.69. The van der Waals surface area contributed by atoms with Gasteiger partial charge in [-0.25, -0.2) is 9.36 Å². The number of hydrogen-bond donors (Lipinski definition) is 2. The quantitative estimate of drug-likeness (QED) is 0.506. The minimum Gasteiger partial charge on any atom is -0.399 e. The Balaban J connectivity index is 2.70. The Morgan fingerprint density at radius 2 is 2.00 bits per heavy atom. The molecule has 11 heteroatoms. The molecule has 11 nitrogen and oxygen atoms in total. The van der Waals surface area contributed by atoms with Gasteiger partial charge in [-0.2, -0.15) is 9.78 Å². The van der Waals surface area contributed by atoms with Crippen LogP contribution in [0, 0.1) is 10.1 Å². The van der Waals surface area contributed by atoms with Crippen molar-refractivity contribution in [3.8, 4) is 11.5 Å². The Hall–Kier alpha value is -2.79. The van der Waals surface area contributed by atoms with Gasteiger partial charge in [0.2, 0.25) is 0 Å². The van der Waals surface area contributed by atoms with Crippen molar-refractivity contribution >= 4 is 5.88 Å². The second-order valence-corrected chi connectivity index (χ2v) is 3.54. The van der Waals surface area contributed by atoms with E-state index in [4.69, 9.17) is 14.6 Å². The van der Waals surface area contributed by atoms with E-state index < -0.39 is 41.2 Å². The molecule has 0 saturated carbocycles. The highest BCUT2D eigenvalue weighted by atomic mass is 16.6. The van der Waals surface area contributed by atoms with Gasteiger partial charge in [-0.05, 0) is 6.07 Å². The van der Waals surface area contributed by atoms with Crippen molar-refractivity contribution in [2.75, 3.05) is 0 Å². The minimum atomic E-state index is -1.02. The van der Waals surface area contributed by atoms with Crippen LogP contribution in [0.2, 0.25) is 0 Å². The van der Waals surface area contributed by atoms with Gasteiger partial charge in [0.15, 0.2) is 11.5 Å². The molecule has 0 saturated heterocycles. The predicted molar refractivity (Wildman–Crippen MR) is 61.6 cm³/mol. The van der Waals surface area contributed by atoms with Crippen molar-refractivity contribution in [1.29, 1.82) is 0 Å². The van der Waals surface area contributed by atoms with Crippen LogP contribution in [0.4, 0.5) is 5.88 Å². The SMILES string of the molecule is O=c1c(-c2ccc([N+](=O)[O-])o2)nn(CO)c(=O)n1CO. The smallest absolute Gasteiger partial charge is 0.399 e. The molecule has 0 fully saturated rings. The molecule has 0 radical (unpaired) electrons. The standard InChI is InChI=1S/C9H8N4O7/c14-3-11-8(16)7(10-12(4-15)9(11)17)5-1-2-6(20-5)13(18)19/h1-2,14-15H,3-4H2. The van der Waals surface area contributed by atoms with Crippen LogP contribution in [0.25, 0.3) is 11.5 Å². The van der Waals surface area contributed by atoms with Gasteiger partial charge in [0.25, 0.3) is 5.56 Å². The number of nitrogens with zero attached hydrogens (tertiary/aromatic N) is 4. The zero-order chi connectivity index (χ0) is 14.9. The van der Waals surface area contributed by atoms with E-state index in [1.807, 2.05) is 0 Å². The number of nitro groups is 1. The van der Waals surface area contributed by atoms with Crippen LogP contribution in [-0.2, 0) is 13.5 Å². The van der Waals surface area contributed by atoms with Gasteiger partial charge < -0.3 is 14.6 Å². The first kappa shape index (κ1) is 13.6. The summed E-state index contributed by atoms with van der Waals surface area (Å²) in [6.07, 6.45) is 0. The number of hydrogen-bond acceptors (Lipinski definition) is 8. The lowest BCUT2D eigenvalue weighted by Gasteiger charge is -2.06. The predicted octanol–water partition coefficient (Wildman–Crippen LogP) is -1.53. The fourth-order valence-electron chi connectivity index (χ4n) is 1.48. The largest absolute Gasteiger partial charge is 0.433 e. The highest BCUT2D eigenvalue weighted by Gasteiger charge is 2.20. The van der Waals surface area contributed by atoms with Crippen LogP contribution in [0.3, 0.4) is 0 Å². The molecule has 0 bridgehead atoms. The lowest BCUT2D eigenvalue weighted by Crippen LogP contribution is -2.42. The molecule has 2 N–H and O–H groups in total. The van der Waals surface area contributed by atoms with Crippen LogP contribution < -0.4 is 11.2 Å². The van der Waals surface area contributed by atoms with Gasteiger partial charge in [-0.15, -0.1) is 0 Å². The van der Waals surface area contributed by atoms with E-state index in [1.54, 1.807) is 0 Å². The summed E-state index contributed by atoms with van der Waals surface area (Å²) in [4.78, 5) is 33.1. The van der Waals surface area contributed by atoms with E-state index >= 15 is 0 Å². The maximum absolute atomic E-state index is 11.9. The van der Waals surface area contributed by atoms with E-state index in [2.05, 4.69) is 5.10 Å². The van der Waals surface area contributed by atoms with Crippen LogP contribution >= 0.6 is 0 Å². The molecule has 0 aliphatic rings. The van der Waals surface area contributed by atoms with Crippen molar-refractivity contribution in [2.24, 2.45) is 0 Å². The molecule has 2 heterocycles. The fourth-order valence-corrected chi connectivity index (χ4v) is 1.48. The van der Waals surface area contributed by atoms with Crippen LogP contribution in [0.1, 0.15) is 0 Å². The summed E-state index contributed by atoms with van der Waals surface area (Å²) in [5, 5.41) is 32.0. The molecule has 2 aromatic rings. The Bertz CT molecular complexity index is 771. The highest BCUT2D eigenvalue weighted by Crippen LogP contribution is 2.21. The van der Waals surface area contributed by atoms with Gasteiger partial charge in [0, 0.05) is 0 Å². The second-order valence-electron chi connectivity index (χ2n) is 3.54. The van der Waals surface area contributed by atoms with Crippen molar-refractivity contribution < 1.29 is 19.6 Å². The third-order valence-corrected chi connectivity index (χ3v) is 2.40. The molecule has 106 valence electrons. The monoisotopic (exact) mass is 284 g/mol. The molecular formula is C9H8N4O7. The van der Waals surface area contributed by atoms with E-state index in [0.717, 1.165) is 12.1 Å². The fraction of sp³-hybridized carbons (Fsp3) is 0.222. The Labute approximate surface area is 109 Å². The average Bonchev–Trinajstić information content (AvgIpc) is 2.89. The lowest BCUT2D eigenvalue weighted by molar-refractivity contribution is -0.401. The minimum absolute atomic E-state index is 0.258. The molecule has 20 heavy (non-hydrogen) atoms. The third-order valence-electron chi connectivity index (χ3n) is 2.40. The van der Waals surface area contributed by atoms with E-state index in [1.165, 1.54) is 0 Å². The summed E-state index contributed by atoms with van der Waals surface area (Å²) in [6.45, 7) is -1.77. The molecule has 0 aliphatic carbocycles. The van der Waals surface area contributed by atoms with E-state index in [9.17, 15) is 19.7 Å². The summed E-state index contributed by atoms with van der Waals surface area (Å²) in [6, 6.07) is 2.13. The summed E-state index contributed by atoms with van der Waals surface area (Å²) in [5.41, 5.74) is -2.46. The summed E-state index contributed by atoms with van der Waals surface area (Å²) >= 11 is 0. The third kappa shape index (κ3) is 2.10. The van der Waals surface area contributed by atoms with Crippen molar-refractivity contribution in [3.05, 3.63) is 43.1 Å². The van der Waals surface area contributed by atoms with Gasteiger partial charge in [-0.3, -0.25) is 14.9 Å². The molecule has 2 aromatic heterocycles. The number of aliphatic hydroxyl groups excluding tert-OH is 2. The molecule has 0 spiro atoms. The summed E-state index contributed by atoms with van der Waals surface area (Å²) in [5.74, 6) is -0.871. The van der Waals surface area contributed by atoms with Gasteiger partial charge in [0.05, 0.1) is 6.07 Å². The highest BCUT2D eigenvalue weighted by molar-refractivity contribution is 5.51. The Kier molecular flexibility index (Phi) is 3.45. The second kappa shape index (κ2) is 5.07. The Morgan fingerprint density at radius 1 is 1.30 bits per heavy atom. The van der Waals surface area contributed by atoms with Gasteiger partial charge >= 0.3 is 11.6 Å². The van der Waals surface area contributed by atoms with Crippen molar-refractivity contribution in [1.82, 2.24) is 14.3 Å². The number of furan rings is 1.